The van der Waals surface area contributed by atoms with Crippen LogP contribution in [0.5, 0.6) is 0 Å². The summed E-state index contributed by atoms with van der Waals surface area (Å²) in [7, 11) is 4.01. The highest BCUT2D eigenvalue weighted by Crippen LogP contribution is 2.19. The van der Waals surface area contributed by atoms with Crippen LogP contribution >= 0.6 is 0 Å². The van der Waals surface area contributed by atoms with Crippen LogP contribution in [0.2, 0.25) is 0 Å². The molecule has 0 fully saturated rings. The smallest absolute Gasteiger partial charge is 0.226 e. The van der Waals surface area contributed by atoms with Crippen LogP contribution < -0.4 is 10.6 Å². The van der Waals surface area contributed by atoms with Crippen molar-refractivity contribution in [2.24, 2.45) is 0 Å². The van der Waals surface area contributed by atoms with Crippen molar-refractivity contribution >= 4 is 17.5 Å². The molecule has 5 nitrogen and oxygen atoms in total. The van der Waals surface area contributed by atoms with Crippen LogP contribution in [-0.2, 0) is 16.1 Å². The summed E-state index contributed by atoms with van der Waals surface area (Å²) < 4.78 is 0. The second-order valence-corrected chi connectivity index (χ2v) is 6.85. The monoisotopic (exact) mass is 353 g/mol. The molecule has 0 saturated carbocycles. The molecule has 0 aliphatic heterocycles. The van der Waals surface area contributed by atoms with Gasteiger partial charge in [0, 0.05) is 19.2 Å². The number of anilines is 1. The van der Waals surface area contributed by atoms with Gasteiger partial charge in [-0.25, -0.2) is 0 Å². The Balaban J connectivity index is 2.07. The normalized spacial score (nSPS) is 11.9. The largest absolute Gasteiger partial charge is 0.349 e. The second-order valence-electron chi connectivity index (χ2n) is 6.85. The predicted octanol–water partition coefficient (Wildman–Crippen LogP) is 3.26. The summed E-state index contributed by atoms with van der Waals surface area (Å²) in [6.45, 7) is 4.27. The number of nitrogens with one attached hydrogen (secondary N) is 2. The first-order valence-corrected chi connectivity index (χ1v) is 8.70. The molecule has 2 aromatic carbocycles. The van der Waals surface area contributed by atoms with Crippen LogP contribution in [0.3, 0.4) is 0 Å². The van der Waals surface area contributed by atoms with E-state index in [1.165, 1.54) is 6.92 Å². The van der Waals surface area contributed by atoms with Gasteiger partial charge in [-0.05, 0) is 44.3 Å². The molecule has 2 aromatic rings. The summed E-state index contributed by atoms with van der Waals surface area (Å²) in [5.41, 5.74) is 3.95. The molecule has 26 heavy (non-hydrogen) atoms. The first-order valence-electron chi connectivity index (χ1n) is 8.70. The summed E-state index contributed by atoms with van der Waals surface area (Å²) in [4.78, 5) is 26.1. The zero-order valence-electron chi connectivity index (χ0n) is 15.9. The van der Waals surface area contributed by atoms with Gasteiger partial charge in [0.25, 0.3) is 0 Å². The van der Waals surface area contributed by atoms with Crippen molar-refractivity contribution in [3.8, 4) is 0 Å². The van der Waals surface area contributed by atoms with Gasteiger partial charge in [-0.3, -0.25) is 9.59 Å². The first kappa shape index (κ1) is 19.7. The van der Waals surface area contributed by atoms with E-state index in [4.69, 9.17) is 0 Å². The summed E-state index contributed by atoms with van der Waals surface area (Å²) in [6.07, 6.45) is 0.181. The highest BCUT2D eigenvalue weighted by Gasteiger charge is 2.17. The molecule has 2 rings (SSSR count). The molecule has 2 N–H and O–H groups in total. The molecule has 0 spiro atoms. The van der Waals surface area contributed by atoms with Gasteiger partial charge in [-0.1, -0.05) is 42.0 Å². The lowest BCUT2D eigenvalue weighted by atomic mass is 10.0. The molecule has 0 bridgehead atoms. The lowest BCUT2D eigenvalue weighted by Gasteiger charge is -2.18. The van der Waals surface area contributed by atoms with Crippen LogP contribution in [0.4, 0.5) is 5.69 Å². The van der Waals surface area contributed by atoms with E-state index in [0.717, 1.165) is 28.9 Å². The molecular formula is C21H27N3O2. The Morgan fingerprint density at radius 1 is 1.08 bits per heavy atom. The van der Waals surface area contributed by atoms with Gasteiger partial charge in [-0.2, -0.15) is 0 Å². The number of rotatable bonds is 7. The quantitative estimate of drug-likeness (QED) is 0.803. The van der Waals surface area contributed by atoms with E-state index in [2.05, 4.69) is 15.5 Å². The SMILES string of the molecule is CC(=O)NC(CC(=O)Nc1cccc(CN(C)C)c1)c1ccc(C)cc1. The maximum atomic E-state index is 12.5. The molecular weight excluding hydrogens is 326 g/mol. The molecule has 138 valence electrons. The number of amides is 2. The molecule has 2 amide bonds. The van der Waals surface area contributed by atoms with E-state index >= 15 is 0 Å². The Labute approximate surface area is 155 Å². The molecule has 5 heteroatoms. The number of benzene rings is 2. The molecule has 0 aliphatic carbocycles. The third-order valence-electron chi connectivity index (χ3n) is 3.96. The van der Waals surface area contributed by atoms with Crippen molar-refractivity contribution < 1.29 is 9.59 Å². The zero-order chi connectivity index (χ0) is 19.1. The highest BCUT2D eigenvalue weighted by atomic mass is 16.2. The van der Waals surface area contributed by atoms with Crippen LogP contribution in [0.1, 0.15) is 36.1 Å². The average Bonchev–Trinajstić information content (AvgIpc) is 2.54. The summed E-state index contributed by atoms with van der Waals surface area (Å²) >= 11 is 0. The van der Waals surface area contributed by atoms with Gasteiger partial charge in [0.2, 0.25) is 11.8 Å². The summed E-state index contributed by atoms with van der Waals surface area (Å²) in [5.74, 6) is -0.289. The van der Waals surface area contributed by atoms with E-state index in [9.17, 15) is 9.59 Å². The van der Waals surface area contributed by atoms with E-state index < -0.39 is 0 Å². The van der Waals surface area contributed by atoms with E-state index in [-0.39, 0.29) is 24.3 Å². The zero-order valence-corrected chi connectivity index (χ0v) is 15.9. The fraction of sp³-hybridized carbons (Fsp3) is 0.333. The van der Waals surface area contributed by atoms with Crippen molar-refractivity contribution in [2.45, 2.75) is 32.9 Å². The summed E-state index contributed by atoms with van der Waals surface area (Å²) in [5, 5.41) is 5.80. The summed E-state index contributed by atoms with van der Waals surface area (Å²) in [6, 6.07) is 15.3. The number of nitrogens with zero attached hydrogens (tertiary/aromatic N) is 1. The first-order chi connectivity index (χ1) is 12.3. The number of carbonyl (C=O) groups is 2. The lowest BCUT2D eigenvalue weighted by Crippen LogP contribution is -2.29. The average molecular weight is 353 g/mol. The number of hydrogen-bond acceptors (Lipinski definition) is 3. The number of aryl methyl sites for hydroxylation is 1. The molecule has 0 saturated heterocycles. The van der Waals surface area contributed by atoms with Crippen LogP contribution in [0.25, 0.3) is 0 Å². The lowest BCUT2D eigenvalue weighted by molar-refractivity contribution is -0.120. The highest BCUT2D eigenvalue weighted by molar-refractivity contribution is 5.91. The molecule has 0 radical (unpaired) electrons. The van der Waals surface area contributed by atoms with Crippen molar-refractivity contribution in [2.75, 3.05) is 19.4 Å². The standard InChI is InChI=1S/C21H27N3O2/c1-15-8-10-18(11-9-15)20(22-16(2)25)13-21(26)23-19-7-5-6-17(12-19)14-24(3)4/h5-12,20H,13-14H2,1-4H3,(H,22,25)(H,23,26). The van der Waals surface area contributed by atoms with Gasteiger partial charge < -0.3 is 15.5 Å². The number of hydrogen-bond donors (Lipinski definition) is 2. The Morgan fingerprint density at radius 2 is 1.77 bits per heavy atom. The van der Waals surface area contributed by atoms with Gasteiger partial charge >= 0.3 is 0 Å². The molecule has 0 aliphatic rings. The molecule has 1 atom stereocenters. The minimum absolute atomic E-state index is 0.133. The van der Waals surface area contributed by atoms with Crippen molar-refractivity contribution in [3.05, 3.63) is 65.2 Å². The third-order valence-corrected chi connectivity index (χ3v) is 3.96. The van der Waals surface area contributed by atoms with E-state index in [0.29, 0.717) is 0 Å². The minimum Gasteiger partial charge on any atom is -0.349 e. The predicted molar refractivity (Wildman–Crippen MR) is 105 cm³/mol. The molecule has 0 heterocycles. The fourth-order valence-electron chi connectivity index (χ4n) is 2.81. The topological polar surface area (TPSA) is 61.4 Å². The number of carbonyl (C=O) groups excluding carboxylic acids is 2. The Morgan fingerprint density at radius 3 is 2.38 bits per heavy atom. The Hall–Kier alpha value is -2.66. The fourth-order valence-corrected chi connectivity index (χ4v) is 2.81. The maximum Gasteiger partial charge on any atom is 0.226 e. The van der Waals surface area contributed by atoms with Gasteiger partial charge in [0.1, 0.15) is 0 Å². The van der Waals surface area contributed by atoms with E-state index in [1.54, 1.807) is 0 Å². The molecule has 1 unspecified atom stereocenters. The minimum atomic E-state index is -0.349. The maximum absolute atomic E-state index is 12.5. The van der Waals surface area contributed by atoms with Crippen LogP contribution in [0, 0.1) is 6.92 Å². The van der Waals surface area contributed by atoms with Gasteiger partial charge in [0.05, 0.1) is 12.5 Å². The van der Waals surface area contributed by atoms with E-state index in [1.807, 2.05) is 69.6 Å². The van der Waals surface area contributed by atoms with Crippen molar-refractivity contribution in [1.82, 2.24) is 10.2 Å². The molecule has 0 aromatic heterocycles. The van der Waals surface area contributed by atoms with Gasteiger partial charge in [0.15, 0.2) is 0 Å². The van der Waals surface area contributed by atoms with Crippen LogP contribution in [-0.4, -0.2) is 30.8 Å². The van der Waals surface area contributed by atoms with Crippen LogP contribution in [0.15, 0.2) is 48.5 Å². The van der Waals surface area contributed by atoms with Gasteiger partial charge in [-0.15, -0.1) is 0 Å². The van der Waals surface area contributed by atoms with Crippen molar-refractivity contribution in [3.63, 3.8) is 0 Å². The Kier molecular flexibility index (Phi) is 6.92. The Bertz CT molecular complexity index is 754. The third kappa shape index (κ3) is 6.33. The van der Waals surface area contributed by atoms with Crippen molar-refractivity contribution in [1.29, 1.82) is 0 Å². The second kappa shape index (κ2) is 9.15.